The van der Waals surface area contributed by atoms with E-state index in [1.54, 1.807) is 15.6 Å². The number of anilines is 1. The maximum Gasteiger partial charge on any atom is 0.198 e. The van der Waals surface area contributed by atoms with Crippen LogP contribution in [0, 0.1) is 0 Å². The van der Waals surface area contributed by atoms with Crippen molar-refractivity contribution < 1.29 is 0 Å². The number of hydrogen-bond donors (Lipinski definition) is 1. The molecule has 2 heterocycles. The Morgan fingerprint density at radius 3 is 2.50 bits per heavy atom. The lowest BCUT2D eigenvalue weighted by molar-refractivity contribution is 0.731. The zero-order valence-corrected chi connectivity index (χ0v) is 9.99. The molecule has 0 aliphatic heterocycles. The lowest BCUT2D eigenvalue weighted by Gasteiger charge is -1.97. The summed E-state index contributed by atoms with van der Waals surface area (Å²) < 4.78 is 3.37. The van der Waals surface area contributed by atoms with Crippen LogP contribution in [0.1, 0.15) is 0 Å². The van der Waals surface area contributed by atoms with Crippen LogP contribution in [0.15, 0.2) is 48.9 Å². The summed E-state index contributed by atoms with van der Waals surface area (Å²) in [7, 11) is 1.83. The molecule has 0 saturated heterocycles. The Balaban J connectivity index is 2.02. The predicted molar refractivity (Wildman–Crippen MR) is 70.2 cm³/mol. The second-order valence-corrected chi connectivity index (χ2v) is 4.12. The van der Waals surface area contributed by atoms with Crippen molar-refractivity contribution in [1.82, 2.24) is 19.6 Å². The fourth-order valence-corrected chi connectivity index (χ4v) is 1.89. The second-order valence-electron chi connectivity index (χ2n) is 4.12. The van der Waals surface area contributed by atoms with Gasteiger partial charge in [-0.2, -0.15) is 10.2 Å². The van der Waals surface area contributed by atoms with E-state index in [1.807, 2.05) is 49.8 Å². The highest BCUT2D eigenvalue weighted by Crippen LogP contribution is 2.20. The maximum absolute atomic E-state index is 5.88. The number of nitrogens with two attached hydrogens (primary N) is 1. The molecule has 3 rings (SSSR count). The molecule has 2 aromatic heterocycles. The Kier molecular flexibility index (Phi) is 2.37. The molecule has 18 heavy (non-hydrogen) atoms. The molecule has 2 N–H and O–H groups in total. The summed E-state index contributed by atoms with van der Waals surface area (Å²) in [4.78, 5) is 0. The molecule has 0 saturated carbocycles. The van der Waals surface area contributed by atoms with Crippen molar-refractivity contribution >= 4 is 5.69 Å². The molecule has 0 amide bonds. The highest BCUT2D eigenvalue weighted by Gasteiger charge is 2.09. The normalized spacial score (nSPS) is 10.7. The fourth-order valence-electron chi connectivity index (χ4n) is 1.89. The average Bonchev–Trinajstić information content (AvgIpc) is 2.97. The summed E-state index contributed by atoms with van der Waals surface area (Å²) in [6.07, 6.45) is 5.50. The Morgan fingerprint density at radius 2 is 1.83 bits per heavy atom. The van der Waals surface area contributed by atoms with Crippen molar-refractivity contribution in [3.8, 4) is 16.9 Å². The molecule has 0 unspecified atom stereocenters. The minimum Gasteiger partial charge on any atom is -0.394 e. The van der Waals surface area contributed by atoms with Crippen LogP contribution in [0.5, 0.6) is 0 Å². The smallest absolute Gasteiger partial charge is 0.198 e. The number of benzene rings is 1. The summed E-state index contributed by atoms with van der Waals surface area (Å²) in [5.41, 5.74) is 8.65. The van der Waals surface area contributed by atoms with E-state index in [0.29, 0.717) is 11.5 Å². The lowest BCUT2D eigenvalue weighted by atomic mass is 10.1. The first kappa shape index (κ1) is 10.6. The van der Waals surface area contributed by atoms with Gasteiger partial charge in [0, 0.05) is 25.0 Å². The molecule has 3 aromatic rings. The van der Waals surface area contributed by atoms with E-state index in [2.05, 4.69) is 10.2 Å². The van der Waals surface area contributed by atoms with Gasteiger partial charge in [0.1, 0.15) is 0 Å². The van der Waals surface area contributed by atoms with Crippen molar-refractivity contribution in [2.45, 2.75) is 0 Å². The number of nitrogen functional groups attached to an aromatic ring is 1. The van der Waals surface area contributed by atoms with Gasteiger partial charge in [-0.15, -0.1) is 0 Å². The summed E-state index contributed by atoms with van der Waals surface area (Å²) in [6, 6.07) is 10.1. The van der Waals surface area contributed by atoms with Gasteiger partial charge in [0.2, 0.25) is 0 Å². The Morgan fingerprint density at radius 1 is 1.06 bits per heavy atom. The van der Waals surface area contributed by atoms with Crippen LogP contribution in [0.3, 0.4) is 0 Å². The van der Waals surface area contributed by atoms with Crippen molar-refractivity contribution in [3.05, 3.63) is 48.9 Å². The topological polar surface area (TPSA) is 61.7 Å². The second kappa shape index (κ2) is 4.03. The van der Waals surface area contributed by atoms with Gasteiger partial charge in [0.25, 0.3) is 0 Å². The monoisotopic (exact) mass is 239 g/mol. The molecular weight excluding hydrogens is 226 g/mol. The number of rotatable bonds is 2. The quantitative estimate of drug-likeness (QED) is 0.742. The van der Waals surface area contributed by atoms with E-state index in [0.717, 1.165) is 11.1 Å². The molecule has 0 radical (unpaired) electrons. The predicted octanol–water partition coefficient (Wildman–Crippen LogP) is 1.85. The van der Waals surface area contributed by atoms with Crippen LogP contribution in [0.25, 0.3) is 16.9 Å². The number of aromatic nitrogens is 4. The fraction of sp³-hybridized carbons (Fsp3) is 0.0769. The molecule has 1 aromatic carbocycles. The molecule has 0 aliphatic carbocycles. The summed E-state index contributed by atoms with van der Waals surface area (Å²) >= 11 is 0. The minimum atomic E-state index is 0.611. The van der Waals surface area contributed by atoms with Crippen molar-refractivity contribution in [2.24, 2.45) is 7.05 Å². The average molecular weight is 239 g/mol. The van der Waals surface area contributed by atoms with Crippen LogP contribution in [-0.4, -0.2) is 19.6 Å². The molecule has 0 spiro atoms. The van der Waals surface area contributed by atoms with E-state index >= 15 is 0 Å². The van der Waals surface area contributed by atoms with Crippen LogP contribution in [-0.2, 0) is 7.05 Å². The largest absolute Gasteiger partial charge is 0.394 e. The van der Waals surface area contributed by atoms with Crippen LogP contribution < -0.4 is 5.73 Å². The molecule has 0 bridgehead atoms. The van der Waals surface area contributed by atoms with Gasteiger partial charge < -0.3 is 5.73 Å². The highest BCUT2D eigenvalue weighted by atomic mass is 15.4. The first-order valence-electron chi connectivity index (χ1n) is 5.63. The molecule has 0 fully saturated rings. The number of hydrogen-bond acceptors (Lipinski definition) is 3. The Labute approximate surface area is 104 Å². The first-order valence-corrected chi connectivity index (χ1v) is 5.63. The van der Waals surface area contributed by atoms with Gasteiger partial charge in [0.15, 0.2) is 5.82 Å². The van der Waals surface area contributed by atoms with Crippen molar-refractivity contribution in [3.63, 3.8) is 0 Å². The third-order valence-corrected chi connectivity index (χ3v) is 2.74. The summed E-state index contributed by atoms with van der Waals surface area (Å²) in [5, 5.41) is 8.58. The van der Waals surface area contributed by atoms with Gasteiger partial charge in [-0.1, -0.05) is 30.3 Å². The summed E-state index contributed by atoms with van der Waals surface area (Å²) in [6.45, 7) is 0. The molecule has 5 heteroatoms. The first-order chi connectivity index (χ1) is 8.74. The van der Waals surface area contributed by atoms with Crippen molar-refractivity contribution in [1.29, 1.82) is 0 Å². The standard InChI is InChI=1S/C13H13N5/c1-17-9-12(14)13(16-17)18-8-11(7-15-18)10-5-3-2-4-6-10/h2-9H,14H2,1H3. The Bertz CT molecular complexity index is 666. The third kappa shape index (κ3) is 1.75. The SMILES string of the molecule is Cn1cc(N)c(-n2cc(-c3ccccc3)cn2)n1. The maximum atomic E-state index is 5.88. The van der Waals surface area contributed by atoms with E-state index < -0.39 is 0 Å². The number of aryl methyl sites for hydroxylation is 1. The van der Waals surface area contributed by atoms with E-state index in [4.69, 9.17) is 5.73 Å². The van der Waals surface area contributed by atoms with E-state index in [-0.39, 0.29) is 0 Å². The number of nitrogens with zero attached hydrogens (tertiary/aromatic N) is 4. The highest BCUT2D eigenvalue weighted by molar-refractivity contribution is 5.62. The lowest BCUT2D eigenvalue weighted by Crippen LogP contribution is -1.99. The van der Waals surface area contributed by atoms with E-state index in [1.165, 1.54) is 0 Å². The zero-order chi connectivity index (χ0) is 12.5. The van der Waals surface area contributed by atoms with Crippen LogP contribution in [0.4, 0.5) is 5.69 Å². The minimum absolute atomic E-state index is 0.611. The zero-order valence-electron chi connectivity index (χ0n) is 9.99. The van der Waals surface area contributed by atoms with Gasteiger partial charge in [0.05, 0.1) is 11.9 Å². The third-order valence-electron chi connectivity index (χ3n) is 2.74. The van der Waals surface area contributed by atoms with Gasteiger partial charge in [-0.05, 0) is 5.56 Å². The van der Waals surface area contributed by atoms with Crippen LogP contribution in [0.2, 0.25) is 0 Å². The van der Waals surface area contributed by atoms with Crippen LogP contribution >= 0.6 is 0 Å². The van der Waals surface area contributed by atoms with Crippen molar-refractivity contribution in [2.75, 3.05) is 5.73 Å². The summed E-state index contributed by atoms with van der Waals surface area (Å²) in [5.74, 6) is 0.652. The Hall–Kier alpha value is -2.56. The molecule has 0 atom stereocenters. The van der Waals surface area contributed by atoms with Gasteiger partial charge in [-0.3, -0.25) is 4.68 Å². The molecular formula is C13H13N5. The van der Waals surface area contributed by atoms with E-state index in [9.17, 15) is 0 Å². The molecule has 90 valence electrons. The van der Waals surface area contributed by atoms with Gasteiger partial charge in [-0.25, -0.2) is 4.68 Å². The molecule has 0 aliphatic rings. The van der Waals surface area contributed by atoms with Gasteiger partial charge >= 0.3 is 0 Å². The molecule has 5 nitrogen and oxygen atoms in total.